The van der Waals surface area contributed by atoms with E-state index in [0.29, 0.717) is 16.5 Å². The lowest BCUT2D eigenvalue weighted by Crippen LogP contribution is -2.36. The van der Waals surface area contributed by atoms with Gasteiger partial charge in [0.05, 0.1) is 10.9 Å². The van der Waals surface area contributed by atoms with Crippen molar-refractivity contribution >= 4 is 16.8 Å². The number of nitrogens with zero attached hydrogens (tertiary/aromatic N) is 1. The lowest BCUT2D eigenvalue weighted by molar-refractivity contribution is -0.121. The number of hydrogen-bond donors (Lipinski definition) is 2. The first-order valence-corrected chi connectivity index (χ1v) is 8.47. The average molecular weight is 389 g/mol. The minimum atomic E-state index is -2.97. The lowest BCUT2D eigenvalue weighted by Gasteiger charge is -2.11. The highest BCUT2D eigenvalue weighted by molar-refractivity contribution is 5.77. The number of nitrogens with one attached hydrogen (secondary N) is 2. The van der Waals surface area contributed by atoms with Crippen molar-refractivity contribution < 1.29 is 18.3 Å². The van der Waals surface area contributed by atoms with Crippen molar-refractivity contribution in [3.05, 3.63) is 74.9 Å². The number of para-hydroxylation sites is 2. The molecular weight excluding hydrogens is 372 g/mol. The summed E-state index contributed by atoms with van der Waals surface area (Å²) in [5.74, 6) is -0.466. The van der Waals surface area contributed by atoms with Gasteiger partial charge in [0.25, 0.3) is 5.56 Å². The fraction of sp³-hybridized carbons (Fsp3) is 0.211. The Morgan fingerprint density at radius 3 is 2.61 bits per heavy atom. The number of carbonyl (C=O) groups excluding carboxylic acids is 1. The Morgan fingerprint density at radius 1 is 1.11 bits per heavy atom. The van der Waals surface area contributed by atoms with E-state index in [1.807, 2.05) is 0 Å². The molecule has 0 bridgehead atoms. The molecule has 0 aliphatic heterocycles. The molecule has 7 nitrogen and oxygen atoms in total. The molecule has 146 valence electrons. The van der Waals surface area contributed by atoms with Crippen LogP contribution in [-0.4, -0.2) is 22.1 Å². The highest BCUT2D eigenvalue weighted by Crippen LogP contribution is 2.19. The topological polar surface area (TPSA) is 93.2 Å². The fourth-order valence-corrected chi connectivity index (χ4v) is 2.76. The van der Waals surface area contributed by atoms with Gasteiger partial charge >= 0.3 is 12.3 Å². The third-order valence-electron chi connectivity index (χ3n) is 4.12. The molecule has 3 rings (SSSR count). The number of ether oxygens (including phenoxy) is 1. The number of H-pyrrole nitrogens is 1. The zero-order valence-corrected chi connectivity index (χ0v) is 14.7. The highest BCUT2D eigenvalue weighted by atomic mass is 19.3. The molecule has 1 amide bonds. The third-order valence-corrected chi connectivity index (χ3v) is 4.12. The molecule has 0 aliphatic rings. The second-order valence-corrected chi connectivity index (χ2v) is 5.95. The molecule has 28 heavy (non-hydrogen) atoms. The first-order chi connectivity index (χ1) is 13.5. The molecule has 0 spiro atoms. The maximum Gasteiger partial charge on any atom is 0.387 e. The third kappa shape index (κ3) is 4.43. The predicted octanol–water partition coefficient (Wildman–Crippen LogP) is 2.00. The van der Waals surface area contributed by atoms with E-state index in [2.05, 4.69) is 15.0 Å². The lowest BCUT2D eigenvalue weighted by atomic mass is 10.2. The normalized spacial score (nSPS) is 11.0. The zero-order valence-electron chi connectivity index (χ0n) is 14.7. The quantitative estimate of drug-likeness (QED) is 0.646. The summed E-state index contributed by atoms with van der Waals surface area (Å²) >= 11 is 0. The van der Waals surface area contributed by atoms with E-state index < -0.39 is 23.8 Å². The minimum absolute atomic E-state index is 0.0231. The van der Waals surface area contributed by atoms with Crippen LogP contribution in [0.4, 0.5) is 8.78 Å². The fourth-order valence-electron chi connectivity index (χ4n) is 2.76. The predicted molar refractivity (Wildman–Crippen MR) is 98.4 cm³/mol. The zero-order chi connectivity index (χ0) is 20.1. The maximum absolute atomic E-state index is 12.4. The second-order valence-electron chi connectivity index (χ2n) is 5.95. The Bertz CT molecular complexity index is 1110. The van der Waals surface area contributed by atoms with E-state index in [1.54, 1.807) is 42.5 Å². The summed E-state index contributed by atoms with van der Waals surface area (Å²) in [6, 6.07) is 12.7. The summed E-state index contributed by atoms with van der Waals surface area (Å²) in [6.07, 6.45) is -0.126. The first-order valence-electron chi connectivity index (χ1n) is 8.47. The molecular formula is C19H17F2N3O4. The van der Waals surface area contributed by atoms with Gasteiger partial charge in [-0.25, -0.2) is 4.79 Å². The van der Waals surface area contributed by atoms with Crippen LogP contribution in [0.5, 0.6) is 5.75 Å². The van der Waals surface area contributed by atoms with E-state index in [0.717, 1.165) is 4.57 Å². The molecule has 0 unspecified atom stereocenters. The van der Waals surface area contributed by atoms with Gasteiger partial charge in [-0.15, -0.1) is 0 Å². The Balaban J connectivity index is 1.65. The molecule has 0 saturated heterocycles. The summed E-state index contributed by atoms with van der Waals surface area (Å²) in [7, 11) is 0. The van der Waals surface area contributed by atoms with Crippen molar-refractivity contribution in [2.75, 3.05) is 0 Å². The van der Waals surface area contributed by atoms with Crippen LogP contribution in [0.3, 0.4) is 0 Å². The van der Waals surface area contributed by atoms with Crippen LogP contribution >= 0.6 is 0 Å². The molecule has 0 aliphatic carbocycles. The Labute approximate surface area is 157 Å². The van der Waals surface area contributed by atoms with Crippen LogP contribution in [0.15, 0.2) is 58.1 Å². The minimum Gasteiger partial charge on any atom is -0.434 e. The number of aromatic nitrogens is 2. The summed E-state index contributed by atoms with van der Waals surface area (Å²) in [4.78, 5) is 39.2. The van der Waals surface area contributed by atoms with Crippen LogP contribution in [0, 0.1) is 0 Å². The van der Waals surface area contributed by atoms with Crippen molar-refractivity contribution in [3.8, 4) is 5.75 Å². The molecule has 1 aromatic heterocycles. The van der Waals surface area contributed by atoms with Gasteiger partial charge in [0.1, 0.15) is 5.75 Å². The van der Waals surface area contributed by atoms with Crippen LogP contribution < -0.4 is 21.3 Å². The van der Waals surface area contributed by atoms with Crippen LogP contribution in [0.2, 0.25) is 0 Å². The smallest absolute Gasteiger partial charge is 0.387 e. The van der Waals surface area contributed by atoms with Gasteiger partial charge in [-0.05, 0) is 18.2 Å². The molecule has 0 fully saturated rings. The number of hydrogen-bond acceptors (Lipinski definition) is 4. The van der Waals surface area contributed by atoms with E-state index >= 15 is 0 Å². The first kappa shape index (κ1) is 19.3. The van der Waals surface area contributed by atoms with E-state index in [4.69, 9.17) is 0 Å². The van der Waals surface area contributed by atoms with Gasteiger partial charge in [-0.2, -0.15) is 8.78 Å². The van der Waals surface area contributed by atoms with E-state index in [-0.39, 0.29) is 25.3 Å². The number of rotatable bonds is 7. The molecule has 3 aromatic rings. The maximum atomic E-state index is 12.4. The summed E-state index contributed by atoms with van der Waals surface area (Å²) in [5.41, 5.74) is -0.277. The molecule has 2 N–H and O–H groups in total. The van der Waals surface area contributed by atoms with Crippen molar-refractivity contribution in [2.45, 2.75) is 26.1 Å². The Hall–Kier alpha value is -3.49. The van der Waals surface area contributed by atoms with Crippen molar-refractivity contribution in [1.29, 1.82) is 0 Å². The van der Waals surface area contributed by atoms with E-state index in [1.165, 1.54) is 6.07 Å². The number of benzene rings is 2. The molecule has 0 saturated carbocycles. The largest absolute Gasteiger partial charge is 0.434 e. The molecule has 0 radical (unpaired) electrons. The van der Waals surface area contributed by atoms with Gasteiger partial charge in [0, 0.05) is 25.1 Å². The van der Waals surface area contributed by atoms with Gasteiger partial charge in [-0.3, -0.25) is 14.2 Å². The van der Waals surface area contributed by atoms with Gasteiger partial charge in [0.15, 0.2) is 0 Å². The highest BCUT2D eigenvalue weighted by Gasteiger charge is 2.12. The van der Waals surface area contributed by atoms with Crippen molar-refractivity contribution in [3.63, 3.8) is 0 Å². The molecule has 9 heteroatoms. The number of fused-ring (bicyclic) bond motifs is 1. The van der Waals surface area contributed by atoms with Crippen molar-refractivity contribution in [2.24, 2.45) is 0 Å². The monoisotopic (exact) mass is 389 g/mol. The number of halogens is 2. The van der Waals surface area contributed by atoms with Crippen LogP contribution in [0.1, 0.15) is 12.0 Å². The summed E-state index contributed by atoms with van der Waals surface area (Å²) in [5, 5.41) is 2.92. The van der Waals surface area contributed by atoms with Crippen LogP contribution in [-0.2, 0) is 17.9 Å². The van der Waals surface area contributed by atoms with Crippen molar-refractivity contribution in [1.82, 2.24) is 14.9 Å². The molecule has 1 heterocycles. The second kappa shape index (κ2) is 8.47. The molecule has 0 atom stereocenters. The Kier molecular flexibility index (Phi) is 5.83. The van der Waals surface area contributed by atoms with E-state index in [9.17, 15) is 23.2 Å². The number of aromatic amines is 1. The number of amides is 1. The number of carbonyl (C=O) groups is 1. The standard InChI is InChI=1S/C19H17F2N3O4/c20-18(21)28-15-8-4-1-5-12(15)11-22-16(25)9-10-24-17(26)13-6-2-3-7-14(13)23-19(24)27/h1-8,18H,9-11H2,(H,22,25)(H,23,27). The van der Waals surface area contributed by atoms with Gasteiger partial charge in [-0.1, -0.05) is 30.3 Å². The number of alkyl halides is 2. The summed E-state index contributed by atoms with van der Waals surface area (Å²) in [6.45, 7) is -3.10. The summed E-state index contributed by atoms with van der Waals surface area (Å²) < 4.78 is 30.2. The average Bonchev–Trinajstić information content (AvgIpc) is 2.66. The van der Waals surface area contributed by atoms with Gasteiger partial charge < -0.3 is 15.0 Å². The Morgan fingerprint density at radius 2 is 1.82 bits per heavy atom. The van der Waals surface area contributed by atoms with Crippen LogP contribution in [0.25, 0.3) is 10.9 Å². The van der Waals surface area contributed by atoms with Gasteiger partial charge in [0.2, 0.25) is 5.91 Å². The molecule has 2 aromatic carbocycles. The SMILES string of the molecule is O=C(CCn1c(=O)[nH]c2ccccc2c1=O)NCc1ccccc1OC(F)F.